The number of aliphatic imine (C=N–C) groups is 1. The molecule has 0 aliphatic carbocycles. The van der Waals surface area contributed by atoms with Gasteiger partial charge in [-0.25, -0.2) is 0 Å². The normalized spacial score (nSPS) is 15.6. The molecule has 1 aliphatic heterocycles. The van der Waals surface area contributed by atoms with Gasteiger partial charge < -0.3 is 19.9 Å². The van der Waals surface area contributed by atoms with Gasteiger partial charge in [-0.1, -0.05) is 12.1 Å². The van der Waals surface area contributed by atoms with Crippen molar-refractivity contribution in [2.24, 2.45) is 10.9 Å². The summed E-state index contributed by atoms with van der Waals surface area (Å²) in [6.45, 7) is 11.0. The van der Waals surface area contributed by atoms with Gasteiger partial charge in [-0.05, 0) is 51.3 Å². The first-order valence-corrected chi connectivity index (χ1v) is 10.0. The first-order chi connectivity index (χ1) is 13.1. The molecule has 150 valence electrons. The molecule has 1 saturated heterocycles. The summed E-state index contributed by atoms with van der Waals surface area (Å²) in [6.07, 6.45) is 1.65. The van der Waals surface area contributed by atoms with Crippen molar-refractivity contribution in [3.8, 4) is 0 Å². The molecule has 0 atom stereocenters. The third-order valence-corrected chi connectivity index (χ3v) is 5.04. The van der Waals surface area contributed by atoms with Gasteiger partial charge in [0.15, 0.2) is 5.96 Å². The summed E-state index contributed by atoms with van der Waals surface area (Å²) in [5.74, 6) is 0.880. The van der Waals surface area contributed by atoms with Crippen LogP contribution in [0.25, 0.3) is 0 Å². The lowest BCUT2D eigenvalue weighted by molar-refractivity contribution is -0.149. The van der Waals surface area contributed by atoms with E-state index in [0.717, 1.165) is 51.5 Å². The van der Waals surface area contributed by atoms with Crippen LogP contribution in [0.5, 0.6) is 0 Å². The zero-order valence-electron chi connectivity index (χ0n) is 17.2. The zero-order chi connectivity index (χ0) is 19.6. The summed E-state index contributed by atoms with van der Waals surface area (Å²) in [6, 6.07) is 8.61. The van der Waals surface area contributed by atoms with E-state index in [1.165, 1.54) is 11.3 Å². The highest BCUT2D eigenvalue weighted by Crippen LogP contribution is 2.19. The summed E-state index contributed by atoms with van der Waals surface area (Å²) >= 11 is 0. The van der Waals surface area contributed by atoms with Crippen LogP contribution in [-0.4, -0.2) is 63.2 Å². The molecule has 0 aromatic heterocycles. The van der Waals surface area contributed by atoms with Crippen molar-refractivity contribution >= 4 is 17.6 Å². The van der Waals surface area contributed by atoms with Gasteiger partial charge in [-0.3, -0.25) is 9.79 Å². The number of nitrogens with one attached hydrogen (secondary N) is 1. The molecule has 0 amide bonds. The van der Waals surface area contributed by atoms with Crippen LogP contribution >= 0.6 is 0 Å². The molecule has 2 rings (SSSR count). The van der Waals surface area contributed by atoms with Gasteiger partial charge in [0.25, 0.3) is 0 Å². The van der Waals surface area contributed by atoms with Crippen LogP contribution in [0.2, 0.25) is 0 Å². The van der Waals surface area contributed by atoms with Crippen molar-refractivity contribution in [2.75, 3.05) is 51.3 Å². The number of hydrogen-bond acceptors (Lipinski definition) is 4. The van der Waals surface area contributed by atoms with Crippen molar-refractivity contribution in [1.82, 2.24) is 10.2 Å². The maximum atomic E-state index is 11.9. The molecule has 0 unspecified atom stereocenters. The van der Waals surface area contributed by atoms with E-state index in [1.807, 2.05) is 14.0 Å². The summed E-state index contributed by atoms with van der Waals surface area (Å²) in [5, 5.41) is 3.48. The number of rotatable bonds is 7. The van der Waals surface area contributed by atoms with Gasteiger partial charge in [0.05, 0.1) is 12.5 Å². The highest BCUT2D eigenvalue weighted by molar-refractivity contribution is 5.80. The molecule has 0 bridgehead atoms. The van der Waals surface area contributed by atoms with Crippen molar-refractivity contribution in [3.63, 3.8) is 0 Å². The number of hydrogen-bond donors (Lipinski definition) is 1. The average molecular weight is 375 g/mol. The van der Waals surface area contributed by atoms with Crippen LogP contribution in [0.1, 0.15) is 32.3 Å². The second-order valence-corrected chi connectivity index (χ2v) is 6.91. The average Bonchev–Trinajstić information content (AvgIpc) is 2.68. The van der Waals surface area contributed by atoms with Gasteiger partial charge in [-0.2, -0.15) is 0 Å². The summed E-state index contributed by atoms with van der Waals surface area (Å²) in [7, 11) is 1.82. The van der Waals surface area contributed by atoms with Gasteiger partial charge in [0, 0.05) is 45.5 Å². The monoisotopic (exact) mass is 374 g/mol. The smallest absolute Gasteiger partial charge is 0.309 e. The highest BCUT2D eigenvalue weighted by atomic mass is 16.5. The molecule has 6 nitrogen and oxygen atoms in total. The zero-order valence-corrected chi connectivity index (χ0v) is 17.2. The van der Waals surface area contributed by atoms with Gasteiger partial charge in [0.2, 0.25) is 0 Å². The number of likely N-dealkylation sites (N-methyl/N-ethyl adjacent to an activating group) is 1. The Labute approximate surface area is 163 Å². The Morgan fingerprint density at radius 3 is 2.67 bits per heavy atom. The van der Waals surface area contributed by atoms with Crippen molar-refractivity contribution in [2.45, 2.75) is 33.6 Å². The third-order valence-electron chi connectivity index (χ3n) is 5.04. The van der Waals surface area contributed by atoms with E-state index in [2.05, 4.69) is 58.2 Å². The lowest BCUT2D eigenvalue weighted by Crippen LogP contribution is -2.48. The standard InChI is InChI=1S/C21H34N4O2/c1-5-24(19-9-7-8-17(3)16-19)15-12-23-21(22-4)25-13-10-18(11-14-25)20(26)27-6-2/h7-9,16,18H,5-6,10-15H2,1-4H3,(H,22,23). The number of benzene rings is 1. The van der Waals surface area contributed by atoms with Crippen LogP contribution < -0.4 is 10.2 Å². The van der Waals surface area contributed by atoms with Crippen LogP contribution in [0.4, 0.5) is 5.69 Å². The minimum absolute atomic E-state index is 0.0243. The number of guanidine groups is 1. The van der Waals surface area contributed by atoms with Gasteiger partial charge in [-0.15, -0.1) is 0 Å². The van der Waals surface area contributed by atoms with E-state index in [4.69, 9.17) is 4.74 Å². The lowest BCUT2D eigenvalue weighted by Gasteiger charge is -2.33. The van der Waals surface area contributed by atoms with Crippen LogP contribution in [-0.2, 0) is 9.53 Å². The number of nitrogens with zero attached hydrogens (tertiary/aromatic N) is 3. The number of piperidine rings is 1. The molecular formula is C21H34N4O2. The largest absolute Gasteiger partial charge is 0.466 e. The Morgan fingerprint density at radius 2 is 2.07 bits per heavy atom. The molecule has 1 aromatic rings. The van der Waals surface area contributed by atoms with E-state index in [1.54, 1.807) is 0 Å². The van der Waals surface area contributed by atoms with Gasteiger partial charge >= 0.3 is 5.97 Å². The Balaban J connectivity index is 1.81. The third kappa shape index (κ3) is 6.15. The first-order valence-electron chi connectivity index (χ1n) is 10.0. The predicted octanol–water partition coefficient (Wildman–Crippen LogP) is 2.67. The molecule has 1 fully saturated rings. The molecular weight excluding hydrogens is 340 g/mol. The molecule has 1 N–H and O–H groups in total. The Morgan fingerprint density at radius 1 is 1.33 bits per heavy atom. The van der Waals surface area contributed by atoms with E-state index in [9.17, 15) is 4.79 Å². The fraction of sp³-hybridized carbons (Fsp3) is 0.619. The molecule has 27 heavy (non-hydrogen) atoms. The second kappa shape index (κ2) is 10.8. The summed E-state index contributed by atoms with van der Waals surface area (Å²) in [5.41, 5.74) is 2.53. The van der Waals surface area contributed by atoms with Crippen LogP contribution in [0.15, 0.2) is 29.3 Å². The van der Waals surface area contributed by atoms with Crippen molar-refractivity contribution < 1.29 is 9.53 Å². The number of likely N-dealkylation sites (tertiary alicyclic amines) is 1. The number of carbonyl (C=O) groups is 1. The molecule has 1 aromatic carbocycles. The molecule has 0 radical (unpaired) electrons. The lowest BCUT2D eigenvalue weighted by atomic mass is 9.97. The number of carbonyl (C=O) groups excluding carboxylic acids is 1. The number of ether oxygens (including phenoxy) is 1. The Kier molecular flexibility index (Phi) is 8.43. The van der Waals surface area contributed by atoms with Crippen LogP contribution in [0.3, 0.4) is 0 Å². The number of esters is 1. The summed E-state index contributed by atoms with van der Waals surface area (Å²) in [4.78, 5) is 20.9. The SMILES string of the molecule is CCOC(=O)C1CCN(C(=NC)NCCN(CC)c2cccc(C)c2)CC1. The van der Waals surface area contributed by atoms with Crippen LogP contribution in [0, 0.1) is 12.8 Å². The second-order valence-electron chi connectivity index (χ2n) is 6.91. The molecule has 0 saturated carbocycles. The van der Waals surface area contributed by atoms with E-state index in [0.29, 0.717) is 6.61 Å². The fourth-order valence-electron chi connectivity index (χ4n) is 3.52. The molecule has 1 aliphatic rings. The maximum absolute atomic E-state index is 11.9. The summed E-state index contributed by atoms with van der Waals surface area (Å²) < 4.78 is 5.15. The Bertz CT molecular complexity index is 624. The highest BCUT2D eigenvalue weighted by Gasteiger charge is 2.27. The van der Waals surface area contributed by atoms with E-state index < -0.39 is 0 Å². The quantitative estimate of drug-likeness (QED) is 0.452. The molecule has 1 heterocycles. The molecule has 6 heteroatoms. The minimum Gasteiger partial charge on any atom is -0.466 e. The topological polar surface area (TPSA) is 57.2 Å². The first kappa shape index (κ1) is 21.1. The van der Waals surface area contributed by atoms with Crippen molar-refractivity contribution in [1.29, 1.82) is 0 Å². The van der Waals surface area contributed by atoms with E-state index in [-0.39, 0.29) is 11.9 Å². The predicted molar refractivity (Wildman–Crippen MR) is 111 cm³/mol. The van der Waals surface area contributed by atoms with Crippen molar-refractivity contribution in [3.05, 3.63) is 29.8 Å². The van der Waals surface area contributed by atoms with E-state index >= 15 is 0 Å². The Hall–Kier alpha value is -2.24. The number of aryl methyl sites for hydroxylation is 1. The minimum atomic E-state index is -0.0585. The fourth-order valence-corrected chi connectivity index (χ4v) is 3.52. The number of anilines is 1. The maximum Gasteiger partial charge on any atom is 0.309 e. The molecule has 0 spiro atoms. The van der Waals surface area contributed by atoms with Gasteiger partial charge in [0.1, 0.15) is 0 Å².